The van der Waals surface area contributed by atoms with Gasteiger partial charge in [-0.3, -0.25) is 4.68 Å². The van der Waals surface area contributed by atoms with Crippen molar-refractivity contribution in [3.05, 3.63) is 52.8 Å². The fourth-order valence-electron chi connectivity index (χ4n) is 3.01. The van der Waals surface area contributed by atoms with E-state index in [9.17, 15) is 0 Å². The van der Waals surface area contributed by atoms with Gasteiger partial charge in [0.15, 0.2) is 0 Å². The summed E-state index contributed by atoms with van der Waals surface area (Å²) in [5, 5.41) is 8.30. The topological polar surface area (TPSA) is 29.9 Å². The van der Waals surface area contributed by atoms with Gasteiger partial charge in [0.25, 0.3) is 0 Å². The zero-order valence-corrected chi connectivity index (χ0v) is 13.3. The Morgan fingerprint density at radius 2 is 2.00 bits per heavy atom. The maximum atomic E-state index is 4.53. The Balaban J connectivity index is 1.72. The number of nitrogens with zero attached hydrogens (tertiary/aromatic N) is 2. The van der Waals surface area contributed by atoms with Gasteiger partial charge < -0.3 is 5.32 Å². The molecular formula is C18H25N3. The Morgan fingerprint density at radius 1 is 1.29 bits per heavy atom. The highest BCUT2D eigenvalue weighted by atomic mass is 15.3. The lowest BCUT2D eigenvalue weighted by Crippen LogP contribution is -2.23. The summed E-state index contributed by atoms with van der Waals surface area (Å²) in [5.41, 5.74) is 5.29. The van der Waals surface area contributed by atoms with Crippen LogP contribution in [0.3, 0.4) is 0 Å². The summed E-state index contributed by atoms with van der Waals surface area (Å²) >= 11 is 0. The molecule has 112 valence electrons. The lowest BCUT2D eigenvalue weighted by molar-refractivity contribution is 0.479. The molecule has 1 aromatic carbocycles. The minimum absolute atomic E-state index is 0.482. The second-order valence-electron chi connectivity index (χ2n) is 6.23. The fraction of sp³-hybridized carbons (Fsp3) is 0.500. The Bertz CT molecular complexity index is 593. The molecule has 1 atom stereocenters. The van der Waals surface area contributed by atoms with Crippen molar-refractivity contribution in [1.82, 2.24) is 15.1 Å². The van der Waals surface area contributed by atoms with Gasteiger partial charge in [0, 0.05) is 31.4 Å². The molecule has 1 saturated carbocycles. The Labute approximate surface area is 127 Å². The summed E-state index contributed by atoms with van der Waals surface area (Å²) in [6, 6.07) is 9.46. The first-order valence-corrected chi connectivity index (χ1v) is 7.98. The molecule has 0 saturated heterocycles. The predicted octanol–water partition coefficient (Wildman–Crippen LogP) is 3.53. The molecule has 1 aliphatic carbocycles. The van der Waals surface area contributed by atoms with Crippen LogP contribution in [0.25, 0.3) is 0 Å². The molecule has 1 fully saturated rings. The van der Waals surface area contributed by atoms with E-state index in [0.717, 1.165) is 18.9 Å². The predicted molar refractivity (Wildman–Crippen MR) is 86.1 cm³/mol. The normalized spacial score (nSPS) is 16.1. The molecular weight excluding hydrogens is 258 g/mol. The number of hydrogen-bond acceptors (Lipinski definition) is 2. The molecule has 3 rings (SSSR count). The number of benzene rings is 1. The minimum atomic E-state index is 0.482. The summed E-state index contributed by atoms with van der Waals surface area (Å²) in [6.07, 6.45) is 5.83. The second kappa shape index (κ2) is 6.02. The molecule has 2 aromatic rings. The van der Waals surface area contributed by atoms with E-state index in [0.29, 0.717) is 6.04 Å². The van der Waals surface area contributed by atoms with Crippen molar-refractivity contribution < 1.29 is 0 Å². The zero-order valence-electron chi connectivity index (χ0n) is 13.3. The van der Waals surface area contributed by atoms with Gasteiger partial charge in [0.2, 0.25) is 0 Å². The smallest absolute Gasteiger partial charge is 0.0666 e. The van der Waals surface area contributed by atoms with Crippen LogP contribution in [0.1, 0.15) is 48.2 Å². The average molecular weight is 283 g/mol. The van der Waals surface area contributed by atoms with Gasteiger partial charge in [0.1, 0.15) is 0 Å². The Hall–Kier alpha value is -1.61. The average Bonchev–Trinajstić information content (AvgIpc) is 3.24. The number of hydrogen-bond donors (Lipinski definition) is 1. The van der Waals surface area contributed by atoms with Crippen LogP contribution in [0.4, 0.5) is 0 Å². The molecule has 3 heteroatoms. The van der Waals surface area contributed by atoms with Crippen molar-refractivity contribution in [3.63, 3.8) is 0 Å². The van der Waals surface area contributed by atoms with E-state index in [2.05, 4.69) is 54.7 Å². The van der Waals surface area contributed by atoms with Crippen molar-refractivity contribution in [2.24, 2.45) is 13.0 Å². The summed E-state index contributed by atoms with van der Waals surface area (Å²) in [4.78, 5) is 0. The van der Waals surface area contributed by atoms with E-state index in [1.54, 1.807) is 0 Å². The molecule has 1 N–H and O–H groups in total. The van der Waals surface area contributed by atoms with Crippen LogP contribution in [0.2, 0.25) is 0 Å². The van der Waals surface area contributed by atoms with E-state index in [4.69, 9.17) is 0 Å². The van der Waals surface area contributed by atoms with Gasteiger partial charge in [-0.25, -0.2) is 0 Å². The van der Waals surface area contributed by atoms with Crippen LogP contribution in [0.5, 0.6) is 0 Å². The highest BCUT2D eigenvalue weighted by Gasteiger charge is 2.32. The maximum Gasteiger partial charge on any atom is 0.0666 e. The van der Waals surface area contributed by atoms with Gasteiger partial charge in [-0.15, -0.1) is 0 Å². The maximum absolute atomic E-state index is 4.53. The molecule has 0 aliphatic heterocycles. The first-order chi connectivity index (χ1) is 10.2. The molecule has 1 unspecified atom stereocenters. The third kappa shape index (κ3) is 3.35. The van der Waals surface area contributed by atoms with Crippen molar-refractivity contribution in [1.29, 1.82) is 0 Å². The zero-order chi connectivity index (χ0) is 14.8. The van der Waals surface area contributed by atoms with E-state index in [1.807, 2.05) is 11.7 Å². The molecule has 0 amide bonds. The van der Waals surface area contributed by atoms with Crippen molar-refractivity contribution in [2.75, 3.05) is 0 Å². The van der Waals surface area contributed by atoms with Crippen LogP contribution < -0.4 is 5.32 Å². The lowest BCUT2D eigenvalue weighted by Gasteiger charge is -2.19. The van der Waals surface area contributed by atoms with Crippen LogP contribution in [-0.2, 0) is 20.0 Å². The standard InChI is InChI=1S/C18H25N3/c1-4-17-16(12-21(3)20-17)11-19-18(15-9-10-15)14-7-5-13(2)6-8-14/h5-8,12,15,18-19H,4,9-11H2,1-3H3. The van der Waals surface area contributed by atoms with Gasteiger partial charge >= 0.3 is 0 Å². The van der Waals surface area contributed by atoms with Gasteiger partial charge in [0.05, 0.1) is 5.69 Å². The number of aromatic nitrogens is 2. The first kappa shape index (κ1) is 14.3. The molecule has 0 bridgehead atoms. The summed E-state index contributed by atoms with van der Waals surface area (Å²) < 4.78 is 1.92. The summed E-state index contributed by atoms with van der Waals surface area (Å²) in [5.74, 6) is 0.800. The molecule has 0 spiro atoms. The van der Waals surface area contributed by atoms with E-state index < -0.39 is 0 Å². The third-order valence-corrected chi connectivity index (χ3v) is 4.37. The van der Waals surface area contributed by atoms with Crippen LogP contribution in [0, 0.1) is 12.8 Å². The summed E-state index contributed by atoms with van der Waals surface area (Å²) in [6.45, 7) is 5.22. The minimum Gasteiger partial charge on any atom is -0.305 e. The van der Waals surface area contributed by atoms with Crippen molar-refractivity contribution >= 4 is 0 Å². The van der Waals surface area contributed by atoms with Crippen LogP contribution >= 0.6 is 0 Å². The molecule has 1 aromatic heterocycles. The fourth-order valence-corrected chi connectivity index (χ4v) is 3.01. The van der Waals surface area contributed by atoms with Crippen molar-refractivity contribution in [2.45, 2.75) is 45.7 Å². The monoisotopic (exact) mass is 283 g/mol. The van der Waals surface area contributed by atoms with Crippen LogP contribution in [-0.4, -0.2) is 9.78 Å². The van der Waals surface area contributed by atoms with E-state index in [1.165, 1.54) is 35.2 Å². The van der Waals surface area contributed by atoms with Gasteiger partial charge in [-0.1, -0.05) is 36.8 Å². The highest BCUT2D eigenvalue weighted by molar-refractivity contribution is 5.26. The number of aryl methyl sites for hydroxylation is 3. The SMILES string of the molecule is CCc1nn(C)cc1CNC(c1ccc(C)cc1)C1CC1. The van der Waals surface area contributed by atoms with Crippen molar-refractivity contribution in [3.8, 4) is 0 Å². The van der Waals surface area contributed by atoms with Gasteiger partial charge in [-0.05, 0) is 37.7 Å². The van der Waals surface area contributed by atoms with Crippen LogP contribution in [0.15, 0.2) is 30.5 Å². The Kier molecular flexibility index (Phi) is 4.11. The quantitative estimate of drug-likeness (QED) is 0.879. The molecule has 1 heterocycles. The first-order valence-electron chi connectivity index (χ1n) is 7.98. The number of rotatable bonds is 6. The molecule has 21 heavy (non-hydrogen) atoms. The van der Waals surface area contributed by atoms with E-state index in [-0.39, 0.29) is 0 Å². The highest BCUT2D eigenvalue weighted by Crippen LogP contribution is 2.41. The summed E-state index contributed by atoms with van der Waals surface area (Å²) in [7, 11) is 2.00. The molecule has 0 radical (unpaired) electrons. The Morgan fingerprint density at radius 3 is 2.62 bits per heavy atom. The second-order valence-corrected chi connectivity index (χ2v) is 6.23. The molecule has 1 aliphatic rings. The largest absolute Gasteiger partial charge is 0.305 e. The van der Waals surface area contributed by atoms with E-state index >= 15 is 0 Å². The number of nitrogens with one attached hydrogen (secondary N) is 1. The lowest BCUT2D eigenvalue weighted by atomic mass is 10.0. The third-order valence-electron chi connectivity index (χ3n) is 4.37. The molecule has 3 nitrogen and oxygen atoms in total. The van der Waals surface area contributed by atoms with Gasteiger partial charge in [-0.2, -0.15) is 5.10 Å².